The largest absolute Gasteiger partial charge is 0.454 e. The number of fused-ring (bicyclic) bond motifs is 5. The molecule has 3 nitrogen and oxygen atoms in total. The molecule has 3 heteroatoms. The van der Waals surface area contributed by atoms with Gasteiger partial charge in [0.25, 0.3) is 0 Å². The molecule has 5 rings (SSSR count). The third-order valence-corrected chi connectivity index (χ3v) is 4.45. The molecule has 0 fully saturated rings. The van der Waals surface area contributed by atoms with E-state index in [4.69, 9.17) is 4.42 Å². The minimum atomic E-state index is 0.644. The lowest BCUT2D eigenvalue weighted by atomic mass is 10.2. The molecule has 2 heterocycles. The number of furan rings is 1. The summed E-state index contributed by atoms with van der Waals surface area (Å²) in [5.74, 6) is 0. The van der Waals surface area contributed by atoms with E-state index in [1.54, 1.807) is 0 Å². The van der Waals surface area contributed by atoms with Crippen LogP contribution in [0.15, 0.2) is 77.2 Å². The molecule has 0 saturated carbocycles. The number of aromatic nitrogens is 1. The van der Waals surface area contributed by atoms with Gasteiger partial charge >= 0.3 is 0 Å². The molecule has 112 valence electrons. The highest BCUT2D eigenvalue weighted by Gasteiger charge is 2.19. The fraction of sp³-hybridized carbons (Fsp3) is 0. The quantitative estimate of drug-likeness (QED) is 0.416. The Balaban J connectivity index is 2.08. The molecule has 0 bridgehead atoms. The van der Waals surface area contributed by atoms with Crippen molar-refractivity contribution in [3.05, 3.63) is 78.4 Å². The third kappa shape index (κ3) is 1.60. The summed E-state index contributed by atoms with van der Waals surface area (Å²) in [4.78, 5) is 0. The maximum absolute atomic E-state index is 9.54. The van der Waals surface area contributed by atoms with E-state index in [1.807, 2.05) is 54.6 Å². The highest BCUT2D eigenvalue weighted by molar-refractivity contribution is 6.16. The Bertz CT molecular complexity index is 1260. The van der Waals surface area contributed by atoms with Gasteiger partial charge in [-0.3, -0.25) is 0 Å². The molecule has 0 atom stereocenters. The van der Waals surface area contributed by atoms with Crippen LogP contribution in [0.4, 0.5) is 0 Å². The standard InChI is InChI=1S/C21H12N2O/c22-13-14-7-1-4-10-17(14)23-18-11-5-2-8-15(18)21-20(23)16-9-3-6-12-19(16)24-21/h1-12H. The first-order chi connectivity index (χ1) is 11.9. The smallest absolute Gasteiger partial charge is 0.161 e. The second-order valence-electron chi connectivity index (χ2n) is 5.76. The average molecular weight is 308 g/mol. The summed E-state index contributed by atoms with van der Waals surface area (Å²) >= 11 is 0. The maximum Gasteiger partial charge on any atom is 0.161 e. The molecule has 0 N–H and O–H groups in total. The maximum atomic E-state index is 9.54. The van der Waals surface area contributed by atoms with Crippen molar-refractivity contribution in [3.8, 4) is 11.8 Å². The molecular weight excluding hydrogens is 296 g/mol. The predicted octanol–water partition coefficient (Wildman–Crippen LogP) is 5.40. The van der Waals surface area contributed by atoms with Crippen molar-refractivity contribution in [1.29, 1.82) is 5.26 Å². The van der Waals surface area contributed by atoms with Crippen LogP contribution in [0.3, 0.4) is 0 Å². The highest BCUT2D eigenvalue weighted by Crippen LogP contribution is 2.38. The zero-order valence-electron chi connectivity index (χ0n) is 12.7. The van der Waals surface area contributed by atoms with Crippen LogP contribution < -0.4 is 0 Å². The molecule has 0 saturated heterocycles. The summed E-state index contributed by atoms with van der Waals surface area (Å²) in [5.41, 5.74) is 5.29. The lowest BCUT2D eigenvalue weighted by molar-refractivity contribution is 0.673. The normalized spacial score (nSPS) is 11.3. The molecule has 0 aliphatic rings. The molecular formula is C21H12N2O. The van der Waals surface area contributed by atoms with Crippen LogP contribution in [0.5, 0.6) is 0 Å². The van der Waals surface area contributed by atoms with Crippen molar-refractivity contribution in [3.63, 3.8) is 0 Å². The minimum Gasteiger partial charge on any atom is -0.454 e. The van der Waals surface area contributed by atoms with E-state index in [0.29, 0.717) is 5.56 Å². The monoisotopic (exact) mass is 308 g/mol. The van der Waals surface area contributed by atoms with Gasteiger partial charge in [-0.05, 0) is 36.4 Å². The Morgan fingerprint density at radius 1 is 0.792 bits per heavy atom. The Labute approximate surface area is 138 Å². The number of para-hydroxylation sites is 3. The first-order valence-corrected chi connectivity index (χ1v) is 7.78. The van der Waals surface area contributed by atoms with Gasteiger partial charge in [-0.25, -0.2) is 0 Å². The second-order valence-corrected chi connectivity index (χ2v) is 5.76. The van der Waals surface area contributed by atoms with E-state index < -0.39 is 0 Å². The van der Waals surface area contributed by atoms with Gasteiger partial charge in [0.1, 0.15) is 17.2 Å². The van der Waals surface area contributed by atoms with Gasteiger partial charge in [0.15, 0.2) is 5.58 Å². The predicted molar refractivity (Wildman–Crippen MR) is 95.3 cm³/mol. The fourth-order valence-electron chi connectivity index (χ4n) is 3.43. The van der Waals surface area contributed by atoms with Crippen molar-refractivity contribution < 1.29 is 4.42 Å². The Kier molecular flexibility index (Phi) is 2.56. The Morgan fingerprint density at radius 2 is 1.50 bits per heavy atom. The van der Waals surface area contributed by atoms with Crippen LogP contribution in [0.25, 0.3) is 38.7 Å². The van der Waals surface area contributed by atoms with Crippen LogP contribution in [-0.4, -0.2) is 4.57 Å². The number of hydrogen-bond acceptors (Lipinski definition) is 2. The molecule has 0 radical (unpaired) electrons. The van der Waals surface area contributed by atoms with Crippen molar-refractivity contribution in [1.82, 2.24) is 4.57 Å². The minimum absolute atomic E-state index is 0.644. The molecule has 0 aliphatic heterocycles. The SMILES string of the molecule is N#Cc1ccccc1-n1c2ccccc2c2oc3ccccc3c21. The fourth-order valence-corrected chi connectivity index (χ4v) is 3.43. The van der Waals surface area contributed by atoms with Crippen LogP contribution in [0.1, 0.15) is 5.56 Å². The van der Waals surface area contributed by atoms with Gasteiger partial charge in [-0.2, -0.15) is 5.26 Å². The highest BCUT2D eigenvalue weighted by atomic mass is 16.3. The average Bonchev–Trinajstić information content (AvgIpc) is 3.16. The number of nitrogens with zero attached hydrogens (tertiary/aromatic N) is 2. The van der Waals surface area contributed by atoms with Crippen molar-refractivity contribution >= 4 is 33.0 Å². The summed E-state index contributed by atoms with van der Waals surface area (Å²) in [6, 6.07) is 26.1. The van der Waals surface area contributed by atoms with E-state index in [9.17, 15) is 5.26 Å². The molecule has 0 amide bonds. The lowest BCUT2D eigenvalue weighted by Crippen LogP contribution is -1.96. The van der Waals surface area contributed by atoms with Crippen molar-refractivity contribution in [2.75, 3.05) is 0 Å². The van der Waals surface area contributed by atoms with Gasteiger partial charge in [-0.1, -0.05) is 36.4 Å². The molecule has 2 aromatic heterocycles. The number of nitriles is 1. The van der Waals surface area contributed by atoms with Crippen LogP contribution in [0, 0.1) is 11.3 Å². The molecule has 3 aromatic carbocycles. The van der Waals surface area contributed by atoms with E-state index in [0.717, 1.165) is 38.7 Å². The number of hydrogen-bond donors (Lipinski definition) is 0. The zero-order valence-corrected chi connectivity index (χ0v) is 12.7. The molecule has 0 unspecified atom stereocenters. The van der Waals surface area contributed by atoms with E-state index >= 15 is 0 Å². The summed E-state index contributed by atoms with van der Waals surface area (Å²) in [7, 11) is 0. The first kappa shape index (κ1) is 13.0. The summed E-state index contributed by atoms with van der Waals surface area (Å²) in [6.45, 7) is 0. The van der Waals surface area contributed by atoms with Crippen LogP contribution in [0.2, 0.25) is 0 Å². The molecule has 0 aliphatic carbocycles. The summed E-state index contributed by atoms with van der Waals surface area (Å²) < 4.78 is 8.27. The lowest BCUT2D eigenvalue weighted by Gasteiger charge is -2.08. The topological polar surface area (TPSA) is 41.9 Å². The van der Waals surface area contributed by atoms with E-state index in [2.05, 4.69) is 28.8 Å². The van der Waals surface area contributed by atoms with Gasteiger partial charge < -0.3 is 8.98 Å². The summed E-state index contributed by atoms with van der Waals surface area (Å²) in [6.07, 6.45) is 0. The molecule has 0 spiro atoms. The Hall–Kier alpha value is -3.51. The van der Waals surface area contributed by atoms with Gasteiger partial charge in [0.05, 0.1) is 16.8 Å². The Morgan fingerprint density at radius 3 is 2.38 bits per heavy atom. The van der Waals surface area contributed by atoms with Crippen molar-refractivity contribution in [2.24, 2.45) is 0 Å². The van der Waals surface area contributed by atoms with Crippen LogP contribution in [-0.2, 0) is 0 Å². The first-order valence-electron chi connectivity index (χ1n) is 7.78. The van der Waals surface area contributed by atoms with Gasteiger partial charge in [-0.15, -0.1) is 0 Å². The van der Waals surface area contributed by atoms with Crippen LogP contribution >= 0.6 is 0 Å². The zero-order chi connectivity index (χ0) is 16.1. The van der Waals surface area contributed by atoms with Gasteiger partial charge in [0, 0.05) is 10.8 Å². The van der Waals surface area contributed by atoms with Crippen molar-refractivity contribution in [2.45, 2.75) is 0 Å². The van der Waals surface area contributed by atoms with E-state index in [1.165, 1.54) is 0 Å². The number of rotatable bonds is 1. The summed E-state index contributed by atoms with van der Waals surface area (Å²) in [5, 5.41) is 11.6. The molecule has 5 aromatic rings. The second kappa shape index (κ2) is 4.74. The third-order valence-electron chi connectivity index (χ3n) is 4.45. The number of benzene rings is 3. The van der Waals surface area contributed by atoms with Gasteiger partial charge in [0.2, 0.25) is 0 Å². The van der Waals surface area contributed by atoms with E-state index in [-0.39, 0.29) is 0 Å². The molecule has 24 heavy (non-hydrogen) atoms.